The number of nitrogens with zero attached hydrogens (tertiary/aromatic N) is 2. The zero-order chi connectivity index (χ0) is 8.43. The van der Waals surface area contributed by atoms with E-state index < -0.39 is 0 Å². The lowest BCUT2D eigenvalue weighted by molar-refractivity contribution is 0.0930. The molecule has 6 heteroatoms. The number of carbonyl (C=O) groups is 1. The summed E-state index contributed by atoms with van der Waals surface area (Å²) in [5, 5.41) is 5.26. The molecule has 0 spiro atoms. The molecule has 0 atom stereocenters. The SMILES string of the molecule is C/N=c1/[nH][nH]c(=S)n1C(C)=O. The fraction of sp³-hybridized carbons (Fsp3) is 0.400. The fourth-order valence-electron chi connectivity index (χ4n) is 0.765. The van der Waals surface area contributed by atoms with Crippen LogP contribution >= 0.6 is 12.2 Å². The molecule has 60 valence electrons. The minimum absolute atomic E-state index is 0.159. The van der Waals surface area contributed by atoms with Crippen LogP contribution in [0.4, 0.5) is 0 Å². The molecule has 0 saturated heterocycles. The van der Waals surface area contributed by atoms with Gasteiger partial charge in [0.25, 0.3) is 0 Å². The average Bonchev–Trinajstić information content (AvgIpc) is 2.30. The largest absolute Gasteiger partial charge is 0.274 e. The predicted octanol–water partition coefficient (Wildman–Crippen LogP) is 0.0644. The van der Waals surface area contributed by atoms with Crippen molar-refractivity contribution in [2.75, 3.05) is 7.05 Å². The van der Waals surface area contributed by atoms with Crippen molar-refractivity contribution in [3.8, 4) is 0 Å². The normalized spacial score (nSPS) is 12.0. The highest BCUT2D eigenvalue weighted by Gasteiger charge is 2.00. The lowest BCUT2D eigenvalue weighted by Gasteiger charge is -1.90. The Labute approximate surface area is 67.8 Å². The Morgan fingerprint density at radius 3 is 2.64 bits per heavy atom. The van der Waals surface area contributed by atoms with Crippen molar-refractivity contribution in [1.29, 1.82) is 0 Å². The Morgan fingerprint density at radius 2 is 2.27 bits per heavy atom. The van der Waals surface area contributed by atoms with Crippen molar-refractivity contribution in [2.24, 2.45) is 4.99 Å². The molecule has 0 bridgehead atoms. The van der Waals surface area contributed by atoms with Gasteiger partial charge in [0.05, 0.1) is 0 Å². The van der Waals surface area contributed by atoms with Gasteiger partial charge in [0.1, 0.15) is 0 Å². The Hall–Kier alpha value is -1.17. The van der Waals surface area contributed by atoms with Crippen molar-refractivity contribution in [1.82, 2.24) is 14.8 Å². The Balaban J connectivity index is 3.55. The molecule has 0 aromatic carbocycles. The number of aromatic nitrogens is 3. The monoisotopic (exact) mass is 172 g/mol. The molecule has 0 aliphatic heterocycles. The van der Waals surface area contributed by atoms with E-state index in [0.717, 1.165) is 0 Å². The Bertz CT molecular complexity index is 382. The van der Waals surface area contributed by atoms with Gasteiger partial charge in [-0.3, -0.25) is 20.0 Å². The smallest absolute Gasteiger partial charge is 0.232 e. The first kappa shape index (κ1) is 7.93. The molecule has 1 aromatic heterocycles. The van der Waals surface area contributed by atoms with Crippen molar-refractivity contribution >= 4 is 18.1 Å². The highest BCUT2D eigenvalue weighted by molar-refractivity contribution is 7.71. The van der Waals surface area contributed by atoms with Crippen LogP contribution in [0.5, 0.6) is 0 Å². The van der Waals surface area contributed by atoms with Gasteiger partial charge in [-0.2, -0.15) is 0 Å². The van der Waals surface area contributed by atoms with Crippen LogP contribution in [0.3, 0.4) is 0 Å². The number of aromatic amines is 2. The topological polar surface area (TPSA) is 65.9 Å². The summed E-state index contributed by atoms with van der Waals surface area (Å²) in [6, 6.07) is 0. The molecule has 1 rings (SSSR count). The van der Waals surface area contributed by atoms with Gasteiger partial charge in [-0.25, -0.2) is 4.57 Å². The summed E-state index contributed by atoms with van der Waals surface area (Å²) in [6.45, 7) is 1.42. The Kier molecular flexibility index (Phi) is 2.04. The van der Waals surface area contributed by atoms with Gasteiger partial charge in [0, 0.05) is 14.0 Å². The zero-order valence-corrected chi connectivity index (χ0v) is 7.03. The van der Waals surface area contributed by atoms with Crippen LogP contribution in [0.25, 0.3) is 0 Å². The average molecular weight is 172 g/mol. The molecule has 1 aromatic rings. The Morgan fingerprint density at radius 1 is 1.64 bits per heavy atom. The maximum atomic E-state index is 10.9. The lowest BCUT2D eigenvalue weighted by Crippen LogP contribution is -2.23. The molecular weight excluding hydrogens is 164 g/mol. The van der Waals surface area contributed by atoms with E-state index in [0.29, 0.717) is 10.4 Å². The van der Waals surface area contributed by atoms with E-state index in [-0.39, 0.29) is 5.91 Å². The second-order valence-corrected chi connectivity index (χ2v) is 2.34. The van der Waals surface area contributed by atoms with E-state index in [9.17, 15) is 4.79 Å². The van der Waals surface area contributed by atoms with E-state index in [2.05, 4.69) is 15.2 Å². The molecule has 0 aliphatic rings. The zero-order valence-electron chi connectivity index (χ0n) is 6.21. The van der Waals surface area contributed by atoms with Crippen LogP contribution in [0.2, 0.25) is 0 Å². The number of hydrogen-bond acceptors (Lipinski definition) is 3. The molecule has 5 nitrogen and oxygen atoms in total. The summed E-state index contributed by atoms with van der Waals surface area (Å²) >= 11 is 4.81. The van der Waals surface area contributed by atoms with Gasteiger partial charge in [-0.15, -0.1) is 0 Å². The minimum Gasteiger partial charge on any atom is -0.274 e. The van der Waals surface area contributed by atoms with Crippen LogP contribution in [-0.4, -0.2) is 27.7 Å². The number of rotatable bonds is 0. The van der Waals surface area contributed by atoms with Gasteiger partial charge < -0.3 is 0 Å². The van der Waals surface area contributed by atoms with Gasteiger partial charge >= 0.3 is 0 Å². The van der Waals surface area contributed by atoms with Gasteiger partial charge in [0.15, 0.2) is 0 Å². The van der Waals surface area contributed by atoms with E-state index >= 15 is 0 Å². The maximum absolute atomic E-state index is 10.9. The van der Waals surface area contributed by atoms with E-state index in [1.807, 2.05) is 0 Å². The molecule has 0 aliphatic carbocycles. The van der Waals surface area contributed by atoms with Gasteiger partial charge in [-0.05, 0) is 12.2 Å². The number of carbonyl (C=O) groups excluding carboxylic acids is 1. The van der Waals surface area contributed by atoms with Crippen LogP contribution in [0, 0.1) is 4.77 Å². The molecule has 1 heterocycles. The summed E-state index contributed by atoms with van der Waals surface area (Å²) in [5.74, 6) is -0.159. The highest BCUT2D eigenvalue weighted by atomic mass is 32.1. The maximum Gasteiger partial charge on any atom is 0.232 e. The second kappa shape index (κ2) is 2.83. The standard InChI is InChI=1S/C5H8N4OS/c1-3(10)9-4(6-2)7-8-5(9)11/h1-2H3,(H,6,7)(H,8,11). The minimum atomic E-state index is -0.159. The molecule has 0 fully saturated rings. The molecule has 0 saturated carbocycles. The molecule has 0 unspecified atom stereocenters. The third kappa shape index (κ3) is 1.30. The van der Waals surface area contributed by atoms with Gasteiger partial charge in [-0.1, -0.05) is 0 Å². The molecule has 0 amide bonds. The number of nitrogens with one attached hydrogen (secondary N) is 2. The van der Waals surface area contributed by atoms with Crippen molar-refractivity contribution in [2.45, 2.75) is 6.92 Å². The molecule has 2 N–H and O–H groups in total. The number of hydrogen-bond donors (Lipinski definition) is 2. The van der Waals surface area contributed by atoms with E-state index in [1.54, 1.807) is 7.05 Å². The van der Waals surface area contributed by atoms with Crippen LogP contribution in [0.15, 0.2) is 4.99 Å². The summed E-state index contributed by atoms with van der Waals surface area (Å²) in [6.07, 6.45) is 0. The highest BCUT2D eigenvalue weighted by Crippen LogP contribution is 1.79. The quantitative estimate of drug-likeness (QED) is 0.544. The summed E-state index contributed by atoms with van der Waals surface area (Å²) in [7, 11) is 1.58. The molecule has 0 radical (unpaired) electrons. The third-order valence-electron chi connectivity index (χ3n) is 1.22. The fourth-order valence-corrected chi connectivity index (χ4v) is 1.03. The molecular formula is C5H8N4OS. The van der Waals surface area contributed by atoms with Gasteiger partial charge in [0.2, 0.25) is 16.3 Å². The van der Waals surface area contributed by atoms with E-state index in [4.69, 9.17) is 12.2 Å². The first-order chi connectivity index (χ1) is 5.16. The first-order valence-corrected chi connectivity index (χ1v) is 3.41. The predicted molar refractivity (Wildman–Crippen MR) is 41.8 cm³/mol. The summed E-state index contributed by atoms with van der Waals surface area (Å²) < 4.78 is 1.62. The van der Waals surface area contributed by atoms with Crippen molar-refractivity contribution < 1.29 is 4.79 Å². The third-order valence-corrected chi connectivity index (χ3v) is 1.51. The number of H-pyrrole nitrogens is 2. The van der Waals surface area contributed by atoms with Crippen LogP contribution in [-0.2, 0) is 0 Å². The van der Waals surface area contributed by atoms with Crippen LogP contribution < -0.4 is 5.62 Å². The molecule has 11 heavy (non-hydrogen) atoms. The van der Waals surface area contributed by atoms with Crippen LogP contribution in [0.1, 0.15) is 11.7 Å². The summed E-state index contributed by atoms with van der Waals surface area (Å²) in [4.78, 5) is 14.7. The van der Waals surface area contributed by atoms with Crippen molar-refractivity contribution in [3.63, 3.8) is 0 Å². The van der Waals surface area contributed by atoms with Crippen molar-refractivity contribution in [3.05, 3.63) is 10.4 Å². The lowest BCUT2D eigenvalue weighted by atomic mass is 10.7. The first-order valence-electron chi connectivity index (χ1n) is 3.00. The second-order valence-electron chi connectivity index (χ2n) is 1.96. The van der Waals surface area contributed by atoms with E-state index in [1.165, 1.54) is 11.5 Å². The summed E-state index contributed by atoms with van der Waals surface area (Å²) in [5.41, 5.74) is 0.433.